The summed E-state index contributed by atoms with van der Waals surface area (Å²) in [6, 6.07) is 8.68. The molecule has 2 aliphatic rings. The maximum Gasteiger partial charge on any atom is 0.0698 e. The predicted octanol–water partition coefficient (Wildman–Crippen LogP) is 2.11. The summed E-state index contributed by atoms with van der Waals surface area (Å²) < 4.78 is 0. The average molecular weight is 184 g/mol. The van der Waals surface area contributed by atoms with Gasteiger partial charge in [0, 0.05) is 16.9 Å². The van der Waals surface area contributed by atoms with Gasteiger partial charge in [0.25, 0.3) is 0 Å². The lowest BCUT2D eigenvalue weighted by Gasteiger charge is -2.31. The van der Waals surface area contributed by atoms with Crippen molar-refractivity contribution in [1.29, 1.82) is 0 Å². The van der Waals surface area contributed by atoms with Crippen LogP contribution in [-0.2, 0) is 0 Å². The van der Waals surface area contributed by atoms with Gasteiger partial charge in [-0.1, -0.05) is 24.3 Å². The molecular formula is C12H12N2. The molecule has 2 bridgehead atoms. The minimum atomic E-state index is 0.296. The standard InChI is InChI=1S/C12H12N2/c13-10-6-5-8-7-12(10)14-11-4-2-1-3-9(8)11/h1-6,12,14H,7,13H2. The predicted molar refractivity (Wildman–Crippen MR) is 58.7 cm³/mol. The molecule has 1 aliphatic carbocycles. The van der Waals surface area contributed by atoms with Crippen molar-refractivity contribution in [3.05, 3.63) is 47.7 Å². The highest BCUT2D eigenvalue weighted by molar-refractivity contribution is 5.82. The van der Waals surface area contributed by atoms with Crippen LogP contribution < -0.4 is 11.1 Å². The van der Waals surface area contributed by atoms with E-state index in [4.69, 9.17) is 5.73 Å². The second-order valence-corrected chi connectivity index (χ2v) is 3.81. The number of para-hydroxylation sites is 1. The molecule has 14 heavy (non-hydrogen) atoms. The van der Waals surface area contributed by atoms with Crippen LogP contribution >= 0.6 is 0 Å². The van der Waals surface area contributed by atoms with E-state index >= 15 is 0 Å². The first-order valence-corrected chi connectivity index (χ1v) is 4.87. The Labute approximate surface area is 83.1 Å². The minimum Gasteiger partial charge on any atom is -0.400 e. The highest BCUT2D eigenvalue weighted by Gasteiger charge is 2.24. The van der Waals surface area contributed by atoms with Crippen LogP contribution in [0, 0.1) is 0 Å². The SMILES string of the molecule is NC1=CC=C2CC1Nc1ccccc12. The van der Waals surface area contributed by atoms with Gasteiger partial charge < -0.3 is 11.1 Å². The third-order valence-corrected chi connectivity index (χ3v) is 2.91. The zero-order valence-corrected chi connectivity index (χ0v) is 7.83. The van der Waals surface area contributed by atoms with Crippen molar-refractivity contribution >= 4 is 11.3 Å². The largest absolute Gasteiger partial charge is 0.400 e. The number of hydrogen-bond donors (Lipinski definition) is 2. The van der Waals surface area contributed by atoms with Crippen molar-refractivity contribution in [2.24, 2.45) is 5.73 Å². The molecule has 70 valence electrons. The normalized spacial score (nSPS) is 23.0. The van der Waals surface area contributed by atoms with Crippen LogP contribution in [0.5, 0.6) is 0 Å². The van der Waals surface area contributed by atoms with Gasteiger partial charge in [-0.05, 0) is 24.1 Å². The Morgan fingerprint density at radius 3 is 3.00 bits per heavy atom. The quantitative estimate of drug-likeness (QED) is 0.648. The van der Waals surface area contributed by atoms with Gasteiger partial charge in [-0.2, -0.15) is 0 Å². The van der Waals surface area contributed by atoms with E-state index in [-0.39, 0.29) is 0 Å². The first kappa shape index (κ1) is 7.68. The number of nitrogens with two attached hydrogens (primary N) is 1. The fourth-order valence-corrected chi connectivity index (χ4v) is 2.13. The van der Waals surface area contributed by atoms with Crippen LogP contribution in [0.3, 0.4) is 0 Å². The number of hydrogen-bond acceptors (Lipinski definition) is 2. The van der Waals surface area contributed by atoms with Gasteiger partial charge in [-0.25, -0.2) is 0 Å². The molecule has 0 radical (unpaired) electrons. The van der Waals surface area contributed by atoms with Crippen molar-refractivity contribution in [3.8, 4) is 0 Å². The zero-order valence-electron chi connectivity index (χ0n) is 7.83. The van der Waals surface area contributed by atoms with E-state index in [1.165, 1.54) is 16.8 Å². The summed E-state index contributed by atoms with van der Waals surface area (Å²) in [5, 5.41) is 3.44. The molecule has 3 rings (SSSR count). The number of benzene rings is 1. The summed E-state index contributed by atoms with van der Waals surface area (Å²) in [5.74, 6) is 0. The first-order chi connectivity index (χ1) is 6.84. The van der Waals surface area contributed by atoms with E-state index in [0.29, 0.717) is 6.04 Å². The van der Waals surface area contributed by atoms with Crippen LogP contribution in [0.25, 0.3) is 5.57 Å². The van der Waals surface area contributed by atoms with E-state index < -0.39 is 0 Å². The lowest BCUT2D eigenvalue weighted by molar-refractivity contribution is 0.811. The molecule has 0 amide bonds. The molecule has 1 unspecified atom stereocenters. The number of anilines is 1. The minimum absolute atomic E-state index is 0.296. The monoisotopic (exact) mass is 184 g/mol. The fraction of sp³-hybridized carbons (Fsp3) is 0.167. The number of nitrogens with one attached hydrogen (secondary N) is 1. The summed E-state index contributed by atoms with van der Waals surface area (Å²) in [6.45, 7) is 0. The van der Waals surface area contributed by atoms with Crippen LogP contribution in [0.4, 0.5) is 5.69 Å². The molecule has 1 aromatic rings. The Bertz CT molecular complexity index is 443. The van der Waals surface area contributed by atoms with Gasteiger partial charge in [0.1, 0.15) is 0 Å². The highest BCUT2D eigenvalue weighted by Crippen LogP contribution is 2.36. The Balaban J connectivity index is 2.19. The van der Waals surface area contributed by atoms with Crippen molar-refractivity contribution in [1.82, 2.24) is 0 Å². The van der Waals surface area contributed by atoms with E-state index in [2.05, 4.69) is 29.6 Å². The lowest BCUT2D eigenvalue weighted by atomic mass is 9.87. The molecule has 1 heterocycles. The molecule has 1 aromatic carbocycles. The summed E-state index contributed by atoms with van der Waals surface area (Å²) in [7, 11) is 0. The van der Waals surface area contributed by atoms with Crippen LogP contribution in [-0.4, -0.2) is 6.04 Å². The topological polar surface area (TPSA) is 38.0 Å². The van der Waals surface area contributed by atoms with Crippen LogP contribution in [0.2, 0.25) is 0 Å². The molecule has 0 saturated heterocycles. The third kappa shape index (κ3) is 0.970. The molecule has 0 fully saturated rings. The van der Waals surface area contributed by atoms with Gasteiger partial charge in [-0.15, -0.1) is 0 Å². The Morgan fingerprint density at radius 1 is 1.21 bits per heavy atom. The summed E-state index contributed by atoms with van der Waals surface area (Å²) >= 11 is 0. The molecular weight excluding hydrogens is 172 g/mol. The van der Waals surface area contributed by atoms with E-state index in [1.807, 2.05) is 12.1 Å². The van der Waals surface area contributed by atoms with Gasteiger partial charge >= 0.3 is 0 Å². The number of fused-ring (bicyclic) bond motifs is 4. The molecule has 0 spiro atoms. The molecule has 0 saturated carbocycles. The van der Waals surface area contributed by atoms with Crippen molar-refractivity contribution in [2.45, 2.75) is 12.5 Å². The van der Waals surface area contributed by atoms with Crippen molar-refractivity contribution in [3.63, 3.8) is 0 Å². The van der Waals surface area contributed by atoms with Gasteiger partial charge in [0.15, 0.2) is 0 Å². The molecule has 3 N–H and O–H groups in total. The van der Waals surface area contributed by atoms with Gasteiger partial charge in [-0.3, -0.25) is 0 Å². The van der Waals surface area contributed by atoms with E-state index in [9.17, 15) is 0 Å². The molecule has 1 atom stereocenters. The zero-order chi connectivity index (χ0) is 9.54. The Kier molecular flexibility index (Phi) is 1.45. The number of rotatable bonds is 0. The third-order valence-electron chi connectivity index (χ3n) is 2.91. The van der Waals surface area contributed by atoms with Crippen molar-refractivity contribution in [2.75, 3.05) is 5.32 Å². The Morgan fingerprint density at radius 2 is 2.07 bits per heavy atom. The molecule has 2 heteroatoms. The lowest BCUT2D eigenvalue weighted by Crippen LogP contribution is -2.32. The summed E-state index contributed by atoms with van der Waals surface area (Å²) in [4.78, 5) is 0. The van der Waals surface area contributed by atoms with Crippen LogP contribution in [0.15, 0.2) is 42.1 Å². The van der Waals surface area contributed by atoms with Crippen molar-refractivity contribution < 1.29 is 0 Å². The smallest absolute Gasteiger partial charge is 0.0698 e. The first-order valence-electron chi connectivity index (χ1n) is 4.87. The summed E-state index contributed by atoms with van der Waals surface area (Å²) in [5.41, 5.74) is 10.7. The molecule has 1 aliphatic heterocycles. The van der Waals surface area contributed by atoms with E-state index in [0.717, 1.165) is 12.1 Å². The molecule has 0 aromatic heterocycles. The molecule has 2 nitrogen and oxygen atoms in total. The second-order valence-electron chi connectivity index (χ2n) is 3.81. The summed E-state index contributed by atoms with van der Waals surface area (Å²) in [6.07, 6.45) is 5.15. The maximum atomic E-state index is 5.90. The Hall–Kier alpha value is -1.70. The van der Waals surface area contributed by atoms with Crippen LogP contribution in [0.1, 0.15) is 12.0 Å². The van der Waals surface area contributed by atoms with Gasteiger partial charge in [0.2, 0.25) is 0 Å². The highest BCUT2D eigenvalue weighted by atomic mass is 15.0. The van der Waals surface area contributed by atoms with E-state index in [1.54, 1.807) is 0 Å². The average Bonchev–Trinajstić information content (AvgIpc) is 2.24. The maximum absolute atomic E-state index is 5.90. The second kappa shape index (κ2) is 2.64. The van der Waals surface area contributed by atoms with Gasteiger partial charge in [0.05, 0.1) is 6.04 Å². The number of allylic oxidation sites excluding steroid dienone is 2. The fourth-order valence-electron chi connectivity index (χ4n) is 2.13.